The van der Waals surface area contributed by atoms with Crippen molar-refractivity contribution >= 4 is 49.2 Å². The zero-order valence-corrected chi connectivity index (χ0v) is 20.3. The van der Waals surface area contributed by atoms with Gasteiger partial charge in [-0.2, -0.15) is 0 Å². The van der Waals surface area contributed by atoms with E-state index in [-0.39, 0.29) is 18.7 Å². The molecule has 0 spiro atoms. The summed E-state index contributed by atoms with van der Waals surface area (Å²) in [5, 5.41) is 11.6. The molecule has 0 saturated heterocycles. The minimum absolute atomic E-state index is 0.259. The average molecular weight is 543 g/mol. The number of benzene rings is 3. The van der Waals surface area contributed by atoms with Gasteiger partial charge in [-0.25, -0.2) is 0 Å². The van der Waals surface area contributed by atoms with Crippen LogP contribution in [0.2, 0.25) is 0 Å². The number of Topliss-reactive ketones (excluding diaryl/α,β-unsaturated/α-hetero) is 1. The van der Waals surface area contributed by atoms with Crippen molar-refractivity contribution in [3.05, 3.63) is 97.4 Å². The number of anilines is 1. The molecule has 6 heteroatoms. The Morgan fingerprint density at radius 2 is 1.77 bits per heavy atom. The number of carbonyl (C=O) groups excluding carboxylic acids is 2. The van der Waals surface area contributed by atoms with Crippen molar-refractivity contribution in [1.29, 1.82) is 0 Å². The first kappa shape index (κ1) is 21.9. The van der Waals surface area contributed by atoms with Gasteiger partial charge in [0, 0.05) is 20.1 Å². The second kappa shape index (κ2) is 8.34. The minimum Gasteiger partial charge on any atom is -0.375 e. The van der Waals surface area contributed by atoms with Gasteiger partial charge in [-0.15, -0.1) is 0 Å². The van der Waals surface area contributed by atoms with Crippen molar-refractivity contribution in [2.24, 2.45) is 0 Å². The molecule has 1 heterocycles. The van der Waals surface area contributed by atoms with Crippen molar-refractivity contribution in [3.8, 4) is 0 Å². The fraction of sp³-hybridized carbons (Fsp3) is 0.200. The highest BCUT2D eigenvalue weighted by Crippen LogP contribution is 2.45. The second-order valence-electron chi connectivity index (χ2n) is 7.92. The van der Waals surface area contributed by atoms with Crippen LogP contribution in [0.4, 0.5) is 5.69 Å². The van der Waals surface area contributed by atoms with Gasteiger partial charge in [0.05, 0.1) is 18.7 Å². The van der Waals surface area contributed by atoms with Crippen molar-refractivity contribution in [2.45, 2.75) is 32.4 Å². The number of ketones is 1. The van der Waals surface area contributed by atoms with Crippen molar-refractivity contribution in [1.82, 2.24) is 0 Å². The van der Waals surface area contributed by atoms with Gasteiger partial charge in [-0.3, -0.25) is 9.59 Å². The lowest BCUT2D eigenvalue weighted by Crippen LogP contribution is -2.41. The van der Waals surface area contributed by atoms with Crippen LogP contribution in [0.15, 0.2) is 69.6 Å². The predicted octanol–water partition coefficient (Wildman–Crippen LogP) is 5.84. The maximum Gasteiger partial charge on any atom is 0.264 e. The number of amides is 1. The highest BCUT2D eigenvalue weighted by atomic mass is 79.9. The molecule has 1 N–H and O–H groups in total. The van der Waals surface area contributed by atoms with Crippen LogP contribution in [0.1, 0.15) is 39.0 Å². The number of fused-ring (bicyclic) bond motifs is 1. The average Bonchev–Trinajstić information content (AvgIpc) is 2.92. The Kier molecular flexibility index (Phi) is 5.90. The number of aliphatic hydroxyl groups is 1. The lowest BCUT2D eigenvalue weighted by Gasteiger charge is -2.23. The molecule has 0 aromatic heterocycles. The topological polar surface area (TPSA) is 57.6 Å². The number of hydrogen-bond donors (Lipinski definition) is 1. The second-order valence-corrected chi connectivity index (χ2v) is 9.69. The standard InChI is InChI=1S/C25H21Br2NO3/c1-15-7-8-16(2)19(11-15)23(29)13-25(31)20-12-18(26)9-10-22(20)28(24(25)30)14-17-5-3-4-6-21(17)27/h3-12,31H,13-14H2,1-2H3. The van der Waals surface area contributed by atoms with Crippen LogP contribution >= 0.6 is 31.9 Å². The Balaban J connectivity index is 1.74. The van der Waals surface area contributed by atoms with Gasteiger partial charge in [0.15, 0.2) is 11.4 Å². The van der Waals surface area contributed by atoms with Crippen LogP contribution in [-0.4, -0.2) is 16.8 Å². The molecule has 31 heavy (non-hydrogen) atoms. The Labute approximate surface area is 198 Å². The number of carbonyl (C=O) groups is 2. The molecule has 1 aliphatic heterocycles. The maximum absolute atomic E-state index is 13.5. The van der Waals surface area contributed by atoms with Crippen LogP contribution in [0.25, 0.3) is 0 Å². The Morgan fingerprint density at radius 1 is 1.03 bits per heavy atom. The lowest BCUT2D eigenvalue weighted by atomic mass is 9.87. The van der Waals surface area contributed by atoms with Gasteiger partial charge < -0.3 is 10.0 Å². The first-order chi connectivity index (χ1) is 14.7. The van der Waals surface area contributed by atoms with Gasteiger partial charge in [-0.1, -0.05) is 67.8 Å². The molecule has 0 fully saturated rings. The van der Waals surface area contributed by atoms with Crippen LogP contribution in [0, 0.1) is 13.8 Å². The zero-order chi connectivity index (χ0) is 22.3. The highest BCUT2D eigenvalue weighted by molar-refractivity contribution is 9.10. The van der Waals surface area contributed by atoms with Crippen LogP contribution in [0.5, 0.6) is 0 Å². The van der Waals surface area contributed by atoms with Gasteiger partial charge in [0.1, 0.15) is 0 Å². The number of halogens is 2. The molecule has 0 saturated carbocycles. The summed E-state index contributed by atoms with van der Waals surface area (Å²) in [6.07, 6.45) is -0.313. The van der Waals surface area contributed by atoms with E-state index >= 15 is 0 Å². The van der Waals surface area contributed by atoms with E-state index < -0.39 is 11.5 Å². The third-order valence-electron chi connectivity index (χ3n) is 5.69. The maximum atomic E-state index is 13.5. The van der Waals surface area contributed by atoms with E-state index in [1.165, 1.54) is 0 Å². The zero-order valence-electron chi connectivity index (χ0n) is 17.2. The van der Waals surface area contributed by atoms with Crippen LogP contribution < -0.4 is 4.90 Å². The number of hydrogen-bond acceptors (Lipinski definition) is 3. The molecule has 1 aliphatic rings. The molecule has 158 valence electrons. The molecule has 1 amide bonds. The molecule has 3 aromatic rings. The number of aryl methyl sites for hydroxylation is 2. The molecule has 0 bridgehead atoms. The SMILES string of the molecule is Cc1ccc(C)c(C(=O)CC2(O)C(=O)N(Cc3ccccc3Br)c3ccc(Br)cc32)c1. The number of rotatable bonds is 5. The van der Waals surface area contributed by atoms with Gasteiger partial charge in [-0.05, 0) is 55.3 Å². The van der Waals surface area contributed by atoms with Crippen LogP contribution in [-0.2, 0) is 16.9 Å². The van der Waals surface area contributed by atoms with E-state index in [4.69, 9.17) is 0 Å². The molecular weight excluding hydrogens is 522 g/mol. The normalized spacial score (nSPS) is 17.7. The summed E-state index contributed by atoms with van der Waals surface area (Å²) < 4.78 is 1.61. The summed E-state index contributed by atoms with van der Waals surface area (Å²) in [7, 11) is 0. The number of nitrogens with zero attached hydrogens (tertiary/aromatic N) is 1. The molecule has 0 aliphatic carbocycles. The quantitative estimate of drug-likeness (QED) is 0.412. The van der Waals surface area contributed by atoms with E-state index in [1.54, 1.807) is 23.1 Å². The Morgan fingerprint density at radius 3 is 2.52 bits per heavy atom. The van der Waals surface area contributed by atoms with E-state index in [9.17, 15) is 14.7 Å². The minimum atomic E-state index is -1.92. The fourth-order valence-electron chi connectivity index (χ4n) is 4.01. The summed E-state index contributed by atoms with van der Waals surface area (Å²) in [6.45, 7) is 4.06. The summed E-state index contributed by atoms with van der Waals surface area (Å²) in [6, 6.07) is 18.6. The molecule has 0 radical (unpaired) electrons. The van der Waals surface area contributed by atoms with E-state index in [2.05, 4.69) is 31.9 Å². The summed E-state index contributed by atoms with van der Waals surface area (Å²) in [5.41, 5.74) is 2.35. The smallest absolute Gasteiger partial charge is 0.264 e. The largest absolute Gasteiger partial charge is 0.375 e. The molecule has 4 rings (SSSR count). The summed E-state index contributed by atoms with van der Waals surface area (Å²) >= 11 is 6.96. The van der Waals surface area contributed by atoms with Crippen molar-refractivity contribution in [3.63, 3.8) is 0 Å². The molecular formula is C25H21Br2NO3. The van der Waals surface area contributed by atoms with E-state index in [0.29, 0.717) is 16.8 Å². The van der Waals surface area contributed by atoms with E-state index in [0.717, 1.165) is 25.6 Å². The highest BCUT2D eigenvalue weighted by Gasteiger charge is 2.51. The summed E-state index contributed by atoms with van der Waals surface area (Å²) in [4.78, 5) is 28.3. The first-order valence-electron chi connectivity index (χ1n) is 9.89. The van der Waals surface area contributed by atoms with Crippen LogP contribution in [0.3, 0.4) is 0 Å². The summed E-state index contributed by atoms with van der Waals surface area (Å²) in [5.74, 6) is -0.749. The third kappa shape index (κ3) is 4.00. The third-order valence-corrected chi connectivity index (χ3v) is 6.96. The monoisotopic (exact) mass is 541 g/mol. The van der Waals surface area contributed by atoms with Gasteiger partial charge >= 0.3 is 0 Å². The van der Waals surface area contributed by atoms with Crippen molar-refractivity contribution in [2.75, 3.05) is 4.90 Å². The molecule has 4 nitrogen and oxygen atoms in total. The molecule has 1 unspecified atom stereocenters. The Hall–Kier alpha value is -2.28. The van der Waals surface area contributed by atoms with Crippen molar-refractivity contribution < 1.29 is 14.7 Å². The first-order valence-corrected chi connectivity index (χ1v) is 11.5. The van der Waals surface area contributed by atoms with Gasteiger partial charge in [0.2, 0.25) is 0 Å². The van der Waals surface area contributed by atoms with E-state index in [1.807, 2.05) is 56.3 Å². The molecule has 3 aromatic carbocycles. The fourth-order valence-corrected chi connectivity index (χ4v) is 4.78. The molecule has 1 atom stereocenters. The van der Waals surface area contributed by atoms with Gasteiger partial charge in [0.25, 0.3) is 5.91 Å². The predicted molar refractivity (Wildman–Crippen MR) is 128 cm³/mol. The Bertz CT molecular complexity index is 1210. The lowest BCUT2D eigenvalue weighted by molar-refractivity contribution is -0.136.